The summed E-state index contributed by atoms with van der Waals surface area (Å²) in [4.78, 5) is 17.7. The second-order valence-corrected chi connectivity index (χ2v) is 8.37. The van der Waals surface area contributed by atoms with Crippen molar-refractivity contribution in [2.75, 3.05) is 13.2 Å². The van der Waals surface area contributed by atoms with Crippen molar-refractivity contribution in [1.29, 1.82) is 0 Å². The first kappa shape index (κ1) is 21.3. The van der Waals surface area contributed by atoms with Gasteiger partial charge in [0.1, 0.15) is 0 Å². The molecule has 0 amide bonds. The number of aromatic nitrogens is 2. The van der Waals surface area contributed by atoms with Crippen LogP contribution in [0.15, 0.2) is 66.7 Å². The molecule has 3 aromatic carbocycles. The summed E-state index contributed by atoms with van der Waals surface area (Å²) in [5.41, 5.74) is 3.21. The van der Waals surface area contributed by atoms with Crippen molar-refractivity contribution in [3.8, 4) is 11.5 Å². The number of ether oxygens (including phenoxy) is 3. The molecule has 2 heterocycles. The molecule has 4 aromatic rings. The fraction of sp³-hybridized carbons (Fsp3) is 0.231. The van der Waals surface area contributed by atoms with Crippen LogP contribution in [-0.2, 0) is 11.3 Å². The predicted octanol–water partition coefficient (Wildman–Crippen LogP) is 5.82. The Labute approximate surface area is 196 Å². The van der Waals surface area contributed by atoms with Gasteiger partial charge in [-0.25, -0.2) is 9.78 Å². The molecule has 5 rings (SSSR count). The van der Waals surface area contributed by atoms with Gasteiger partial charge in [-0.15, -0.1) is 0 Å². The van der Waals surface area contributed by atoms with Gasteiger partial charge in [-0.1, -0.05) is 41.9 Å². The maximum Gasteiger partial charge on any atom is 0.338 e. The summed E-state index contributed by atoms with van der Waals surface area (Å²) in [7, 11) is 0. The molecule has 0 unspecified atom stereocenters. The third-order valence-corrected chi connectivity index (χ3v) is 5.79. The van der Waals surface area contributed by atoms with Crippen LogP contribution in [0.2, 0.25) is 5.02 Å². The van der Waals surface area contributed by atoms with E-state index < -0.39 is 12.1 Å². The topological polar surface area (TPSA) is 62.6 Å². The van der Waals surface area contributed by atoms with Crippen molar-refractivity contribution >= 4 is 28.6 Å². The number of nitrogens with zero attached hydrogens (tertiary/aromatic N) is 2. The Bertz CT molecular complexity index is 1300. The quantitative estimate of drug-likeness (QED) is 0.350. The van der Waals surface area contributed by atoms with Crippen LogP contribution < -0.4 is 9.47 Å². The van der Waals surface area contributed by atoms with Crippen molar-refractivity contribution in [2.24, 2.45) is 0 Å². The maximum absolute atomic E-state index is 13.0. The molecule has 1 aliphatic rings. The van der Waals surface area contributed by atoms with Gasteiger partial charge in [0.05, 0.1) is 29.8 Å². The number of benzene rings is 3. The van der Waals surface area contributed by atoms with Crippen molar-refractivity contribution < 1.29 is 19.0 Å². The molecule has 0 fully saturated rings. The summed E-state index contributed by atoms with van der Waals surface area (Å²) in [6, 6.07) is 20.8. The van der Waals surface area contributed by atoms with Gasteiger partial charge in [0.15, 0.2) is 23.4 Å². The molecule has 168 valence electrons. The van der Waals surface area contributed by atoms with Crippen molar-refractivity contribution in [3.63, 3.8) is 0 Å². The van der Waals surface area contributed by atoms with Gasteiger partial charge in [0.2, 0.25) is 0 Å². The van der Waals surface area contributed by atoms with Gasteiger partial charge in [0.25, 0.3) is 0 Å². The lowest BCUT2D eigenvalue weighted by molar-refractivity contribution is 0.0314. The number of carbonyl (C=O) groups is 1. The van der Waals surface area contributed by atoms with E-state index in [1.54, 1.807) is 18.2 Å². The first-order valence-electron chi connectivity index (χ1n) is 10.9. The number of rotatable bonds is 5. The van der Waals surface area contributed by atoms with Gasteiger partial charge in [-0.2, -0.15) is 0 Å². The van der Waals surface area contributed by atoms with Crippen molar-refractivity contribution in [1.82, 2.24) is 9.55 Å². The molecule has 7 heteroatoms. The number of halogens is 1. The van der Waals surface area contributed by atoms with E-state index in [1.165, 1.54) is 0 Å². The van der Waals surface area contributed by atoms with E-state index in [4.69, 9.17) is 30.8 Å². The van der Waals surface area contributed by atoms with Crippen LogP contribution in [0.3, 0.4) is 0 Å². The summed E-state index contributed by atoms with van der Waals surface area (Å²) in [5.74, 6) is 1.40. The van der Waals surface area contributed by atoms with E-state index in [9.17, 15) is 4.79 Å². The van der Waals surface area contributed by atoms with Crippen LogP contribution in [0.1, 0.15) is 41.2 Å². The zero-order valence-electron chi connectivity index (χ0n) is 18.2. The van der Waals surface area contributed by atoms with Gasteiger partial charge < -0.3 is 18.8 Å². The largest absolute Gasteiger partial charge is 0.490 e. The minimum absolute atomic E-state index is 0.403. The molecule has 0 N–H and O–H groups in total. The lowest BCUT2D eigenvalue weighted by Gasteiger charge is -2.16. The minimum Gasteiger partial charge on any atom is -0.490 e. The monoisotopic (exact) mass is 462 g/mol. The molecule has 0 aliphatic carbocycles. The fourth-order valence-corrected chi connectivity index (χ4v) is 4.10. The highest BCUT2D eigenvalue weighted by molar-refractivity contribution is 6.31. The molecular weight excluding hydrogens is 440 g/mol. The van der Waals surface area contributed by atoms with Crippen LogP contribution in [0.4, 0.5) is 0 Å². The van der Waals surface area contributed by atoms with Crippen molar-refractivity contribution in [2.45, 2.75) is 26.0 Å². The number of hydrogen-bond donors (Lipinski definition) is 0. The second-order valence-electron chi connectivity index (χ2n) is 7.93. The Morgan fingerprint density at radius 1 is 1.06 bits per heavy atom. The zero-order valence-corrected chi connectivity index (χ0v) is 18.9. The Morgan fingerprint density at radius 2 is 1.85 bits per heavy atom. The second kappa shape index (κ2) is 9.16. The first-order chi connectivity index (χ1) is 16.1. The average molecular weight is 463 g/mol. The lowest BCUT2D eigenvalue weighted by atomic mass is 10.2. The Morgan fingerprint density at radius 3 is 2.67 bits per heavy atom. The van der Waals surface area contributed by atoms with E-state index in [1.807, 2.05) is 43.3 Å². The normalized spacial score (nSPS) is 14.0. The number of hydrogen-bond acceptors (Lipinski definition) is 5. The molecule has 0 radical (unpaired) electrons. The molecule has 33 heavy (non-hydrogen) atoms. The van der Waals surface area contributed by atoms with E-state index in [2.05, 4.69) is 16.7 Å². The highest BCUT2D eigenvalue weighted by atomic mass is 35.5. The number of esters is 1. The summed E-state index contributed by atoms with van der Waals surface area (Å²) in [6.07, 6.45) is 0.219. The Kier molecular flexibility index (Phi) is 5.92. The molecular formula is C26H23ClN2O4. The summed E-state index contributed by atoms with van der Waals surface area (Å²) < 4.78 is 19.2. The van der Waals surface area contributed by atoms with Crippen molar-refractivity contribution in [3.05, 3.63) is 88.7 Å². The minimum atomic E-state index is -0.580. The Hall–Kier alpha value is -3.51. The van der Waals surface area contributed by atoms with Crippen LogP contribution in [0.5, 0.6) is 11.5 Å². The van der Waals surface area contributed by atoms with Gasteiger partial charge in [0, 0.05) is 18.0 Å². The molecule has 0 saturated carbocycles. The predicted molar refractivity (Wildman–Crippen MR) is 126 cm³/mol. The standard InChI is InChI=1S/C26H23ClN2O4/c1-17(33-26(30)19-8-11-23-24(14-19)32-13-5-12-31-23)25-28-21-15-20(27)9-10-22(21)29(25)16-18-6-3-2-4-7-18/h2-4,6-11,14-15,17H,5,12-13,16H2,1H3/t17-/m0/s1. The van der Waals surface area contributed by atoms with E-state index in [0.29, 0.717) is 47.7 Å². The smallest absolute Gasteiger partial charge is 0.338 e. The third kappa shape index (κ3) is 4.52. The molecule has 0 saturated heterocycles. The van der Waals surface area contributed by atoms with E-state index in [-0.39, 0.29) is 0 Å². The zero-order chi connectivity index (χ0) is 22.8. The SMILES string of the molecule is C[C@H](OC(=O)c1ccc2c(c1)OCCCO2)c1nc2cc(Cl)ccc2n1Cc1ccccc1. The fourth-order valence-electron chi connectivity index (χ4n) is 3.94. The molecule has 1 atom stereocenters. The van der Waals surface area contributed by atoms with Gasteiger partial charge in [-0.3, -0.25) is 0 Å². The molecule has 1 aromatic heterocycles. The molecule has 6 nitrogen and oxygen atoms in total. The number of fused-ring (bicyclic) bond motifs is 2. The van der Waals surface area contributed by atoms with Crippen LogP contribution >= 0.6 is 11.6 Å². The van der Waals surface area contributed by atoms with Crippen LogP contribution in [0, 0.1) is 0 Å². The lowest BCUT2D eigenvalue weighted by Crippen LogP contribution is -2.15. The maximum atomic E-state index is 13.0. The summed E-state index contributed by atoms with van der Waals surface area (Å²) in [5, 5.41) is 0.607. The highest BCUT2D eigenvalue weighted by Gasteiger charge is 2.22. The number of carbonyl (C=O) groups excluding carboxylic acids is 1. The Balaban J connectivity index is 1.44. The van der Waals surface area contributed by atoms with Crippen LogP contribution in [-0.4, -0.2) is 28.7 Å². The third-order valence-electron chi connectivity index (χ3n) is 5.55. The van der Waals surface area contributed by atoms with E-state index in [0.717, 1.165) is 23.0 Å². The highest BCUT2D eigenvalue weighted by Crippen LogP contribution is 2.32. The average Bonchev–Trinajstić information content (AvgIpc) is 3.00. The van der Waals surface area contributed by atoms with Gasteiger partial charge in [-0.05, 0) is 48.9 Å². The van der Waals surface area contributed by atoms with E-state index >= 15 is 0 Å². The summed E-state index contributed by atoms with van der Waals surface area (Å²) >= 11 is 6.20. The first-order valence-corrected chi connectivity index (χ1v) is 11.3. The van der Waals surface area contributed by atoms with Crippen LogP contribution in [0.25, 0.3) is 11.0 Å². The van der Waals surface area contributed by atoms with Gasteiger partial charge >= 0.3 is 5.97 Å². The number of imidazole rings is 1. The molecule has 0 spiro atoms. The molecule has 0 bridgehead atoms. The summed E-state index contributed by atoms with van der Waals surface area (Å²) in [6.45, 7) is 3.56. The molecule has 1 aliphatic heterocycles.